The molecule has 0 saturated heterocycles. The largest absolute Gasteiger partial charge is 0.396 e. The van der Waals surface area contributed by atoms with Crippen molar-refractivity contribution in [3.05, 3.63) is 42.2 Å². The van der Waals surface area contributed by atoms with Crippen LogP contribution in [-0.2, 0) is 19.6 Å². The van der Waals surface area contributed by atoms with Gasteiger partial charge in [0.15, 0.2) is 0 Å². The molecule has 0 aromatic heterocycles. The molecule has 3 atom stereocenters. The Morgan fingerprint density at radius 3 is 2.55 bits per heavy atom. The summed E-state index contributed by atoms with van der Waals surface area (Å²) in [6.45, 7) is 6.08. The van der Waals surface area contributed by atoms with Crippen molar-refractivity contribution < 1.29 is 23.1 Å². The van der Waals surface area contributed by atoms with Gasteiger partial charge in [-0.25, -0.2) is 8.42 Å². The SMILES string of the molecule is Cc1ccc(S(=O)(=O)N2C=CNC(=O)[C@H]2CC(=O)NC2CCC(CO)CC2(C)C)cc1. The second kappa shape index (κ2) is 9.00. The summed E-state index contributed by atoms with van der Waals surface area (Å²) in [6.07, 6.45) is 4.59. The molecule has 1 aliphatic carbocycles. The molecule has 1 aromatic rings. The minimum atomic E-state index is -4.00. The standard InChI is InChI=1S/C22H31N3O5S/c1-15-4-7-17(8-5-15)31(29,30)25-11-10-23-21(28)18(25)12-20(27)24-19-9-6-16(14-26)13-22(19,2)3/h4-5,7-8,10-11,16,18-19,26H,6,9,12-14H2,1-3H3,(H,23,28)(H,24,27)/t16?,18-,19?/m1/s1. The zero-order chi connectivity index (χ0) is 22.8. The maximum absolute atomic E-state index is 13.1. The minimum absolute atomic E-state index is 0.0614. The molecule has 2 aliphatic rings. The number of nitrogens with zero attached hydrogens (tertiary/aromatic N) is 1. The number of benzene rings is 1. The van der Waals surface area contributed by atoms with Gasteiger partial charge in [-0.1, -0.05) is 31.5 Å². The van der Waals surface area contributed by atoms with E-state index in [2.05, 4.69) is 10.6 Å². The summed E-state index contributed by atoms with van der Waals surface area (Å²) in [5.74, 6) is -0.704. The highest BCUT2D eigenvalue weighted by Crippen LogP contribution is 2.38. The van der Waals surface area contributed by atoms with E-state index < -0.39 is 22.0 Å². The third-order valence-corrected chi connectivity index (χ3v) is 8.05. The summed E-state index contributed by atoms with van der Waals surface area (Å²) >= 11 is 0. The van der Waals surface area contributed by atoms with Gasteiger partial charge in [-0.3, -0.25) is 13.9 Å². The number of aliphatic hydroxyl groups is 1. The van der Waals surface area contributed by atoms with Gasteiger partial charge in [0.1, 0.15) is 6.04 Å². The Labute approximate surface area is 183 Å². The molecule has 1 heterocycles. The second-order valence-electron chi connectivity index (χ2n) is 9.13. The van der Waals surface area contributed by atoms with E-state index in [1.165, 1.54) is 24.5 Å². The van der Waals surface area contributed by atoms with Gasteiger partial charge >= 0.3 is 0 Å². The first kappa shape index (κ1) is 23.3. The summed E-state index contributed by atoms with van der Waals surface area (Å²) in [6, 6.07) is 5.08. The molecule has 1 fully saturated rings. The lowest BCUT2D eigenvalue weighted by Gasteiger charge is -2.42. The van der Waals surface area contributed by atoms with Crippen LogP contribution in [0.25, 0.3) is 0 Å². The Kier molecular flexibility index (Phi) is 6.76. The molecule has 0 radical (unpaired) electrons. The van der Waals surface area contributed by atoms with Crippen molar-refractivity contribution in [1.29, 1.82) is 0 Å². The van der Waals surface area contributed by atoms with Crippen molar-refractivity contribution in [1.82, 2.24) is 14.9 Å². The number of nitrogens with one attached hydrogen (secondary N) is 2. The van der Waals surface area contributed by atoms with Crippen molar-refractivity contribution in [2.45, 2.75) is 63.4 Å². The minimum Gasteiger partial charge on any atom is -0.396 e. The first-order valence-electron chi connectivity index (χ1n) is 10.5. The van der Waals surface area contributed by atoms with E-state index in [0.29, 0.717) is 0 Å². The van der Waals surface area contributed by atoms with E-state index in [9.17, 15) is 23.1 Å². The molecule has 2 amide bonds. The molecule has 1 aliphatic heterocycles. The van der Waals surface area contributed by atoms with Crippen LogP contribution >= 0.6 is 0 Å². The Bertz CT molecular complexity index is 956. The Morgan fingerprint density at radius 2 is 1.94 bits per heavy atom. The number of sulfonamides is 1. The number of aryl methyl sites for hydroxylation is 1. The van der Waals surface area contributed by atoms with Crippen LogP contribution in [0.5, 0.6) is 0 Å². The zero-order valence-corrected chi connectivity index (χ0v) is 19.0. The molecule has 3 rings (SSSR count). The smallest absolute Gasteiger partial charge is 0.264 e. The molecule has 31 heavy (non-hydrogen) atoms. The molecule has 8 nitrogen and oxygen atoms in total. The number of carbonyl (C=O) groups excluding carboxylic acids is 2. The van der Waals surface area contributed by atoms with E-state index >= 15 is 0 Å². The third kappa shape index (κ3) is 5.10. The molecule has 170 valence electrons. The predicted molar refractivity (Wildman–Crippen MR) is 116 cm³/mol. The van der Waals surface area contributed by atoms with Crippen LogP contribution in [0.1, 0.15) is 45.1 Å². The summed E-state index contributed by atoms with van der Waals surface area (Å²) in [4.78, 5) is 25.4. The molecule has 1 saturated carbocycles. The monoisotopic (exact) mass is 449 g/mol. The highest BCUT2D eigenvalue weighted by Gasteiger charge is 2.40. The number of amides is 2. The van der Waals surface area contributed by atoms with Crippen molar-refractivity contribution in [2.75, 3.05) is 6.61 Å². The Morgan fingerprint density at radius 1 is 1.26 bits per heavy atom. The zero-order valence-electron chi connectivity index (χ0n) is 18.2. The highest BCUT2D eigenvalue weighted by molar-refractivity contribution is 7.89. The number of rotatable bonds is 6. The fraction of sp³-hybridized carbons (Fsp3) is 0.545. The van der Waals surface area contributed by atoms with Crippen molar-refractivity contribution >= 4 is 21.8 Å². The highest BCUT2D eigenvalue weighted by atomic mass is 32.2. The first-order valence-corrected chi connectivity index (χ1v) is 12.0. The molecular weight excluding hydrogens is 418 g/mol. The molecule has 9 heteroatoms. The molecule has 2 unspecified atom stereocenters. The van der Waals surface area contributed by atoms with Crippen LogP contribution in [0.15, 0.2) is 41.6 Å². The quantitative estimate of drug-likeness (QED) is 0.611. The summed E-state index contributed by atoms with van der Waals surface area (Å²) in [5, 5.41) is 14.9. The lowest BCUT2D eigenvalue weighted by molar-refractivity contribution is -0.130. The molecule has 3 N–H and O–H groups in total. The van der Waals surface area contributed by atoms with Gasteiger partial charge in [0.05, 0.1) is 11.3 Å². The average Bonchev–Trinajstić information content (AvgIpc) is 2.71. The topological polar surface area (TPSA) is 116 Å². The van der Waals surface area contributed by atoms with E-state index in [1.807, 2.05) is 20.8 Å². The van der Waals surface area contributed by atoms with Gasteiger partial charge in [0, 0.05) is 25.0 Å². The van der Waals surface area contributed by atoms with Gasteiger partial charge < -0.3 is 15.7 Å². The number of hydrogen-bond donors (Lipinski definition) is 3. The predicted octanol–water partition coefficient (Wildman–Crippen LogP) is 1.65. The fourth-order valence-electron chi connectivity index (χ4n) is 4.40. The lowest BCUT2D eigenvalue weighted by Crippen LogP contribution is -2.53. The van der Waals surface area contributed by atoms with Gasteiger partial charge in [0.25, 0.3) is 10.0 Å². The van der Waals surface area contributed by atoms with Gasteiger partial charge in [-0.2, -0.15) is 0 Å². The van der Waals surface area contributed by atoms with Crippen LogP contribution in [0.3, 0.4) is 0 Å². The normalized spacial score (nSPS) is 25.7. The van der Waals surface area contributed by atoms with Crippen molar-refractivity contribution in [2.24, 2.45) is 11.3 Å². The van der Waals surface area contributed by atoms with E-state index in [4.69, 9.17) is 0 Å². The van der Waals surface area contributed by atoms with Crippen LogP contribution in [-0.4, -0.2) is 48.3 Å². The van der Waals surface area contributed by atoms with Gasteiger partial charge in [-0.15, -0.1) is 0 Å². The van der Waals surface area contributed by atoms with Gasteiger partial charge in [0.2, 0.25) is 11.8 Å². The first-order chi connectivity index (χ1) is 14.5. The number of hydrogen-bond acceptors (Lipinski definition) is 5. The van der Waals surface area contributed by atoms with Crippen molar-refractivity contribution in [3.8, 4) is 0 Å². The van der Waals surface area contributed by atoms with Crippen LogP contribution in [0.4, 0.5) is 0 Å². The average molecular weight is 450 g/mol. The van der Waals surface area contributed by atoms with Crippen LogP contribution in [0, 0.1) is 18.3 Å². The Hall–Kier alpha value is -2.39. The van der Waals surface area contributed by atoms with Crippen LogP contribution in [0.2, 0.25) is 0 Å². The summed E-state index contributed by atoms with van der Waals surface area (Å²) < 4.78 is 27.2. The molecule has 0 bridgehead atoms. The third-order valence-electron chi connectivity index (χ3n) is 6.25. The lowest BCUT2D eigenvalue weighted by atomic mass is 9.69. The number of carbonyl (C=O) groups is 2. The maximum Gasteiger partial charge on any atom is 0.264 e. The number of aliphatic hydroxyl groups excluding tert-OH is 1. The molecule has 1 aromatic carbocycles. The van der Waals surface area contributed by atoms with E-state index in [-0.39, 0.29) is 41.2 Å². The Balaban J connectivity index is 1.75. The second-order valence-corrected chi connectivity index (χ2v) is 11.0. The summed E-state index contributed by atoms with van der Waals surface area (Å²) in [5.41, 5.74) is 0.712. The molecule has 0 spiro atoms. The molecular formula is C22H31N3O5S. The van der Waals surface area contributed by atoms with E-state index in [1.54, 1.807) is 12.1 Å². The van der Waals surface area contributed by atoms with Crippen LogP contribution < -0.4 is 10.6 Å². The summed E-state index contributed by atoms with van der Waals surface area (Å²) in [7, 11) is -4.00. The maximum atomic E-state index is 13.1. The van der Waals surface area contributed by atoms with Crippen molar-refractivity contribution in [3.63, 3.8) is 0 Å². The van der Waals surface area contributed by atoms with E-state index in [0.717, 1.165) is 29.1 Å². The fourth-order valence-corrected chi connectivity index (χ4v) is 5.85. The van der Waals surface area contributed by atoms with Gasteiger partial charge in [-0.05, 0) is 49.7 Å².